The van der Waals surface area contributed by atoms with Crippen LogP contribution in [0.5, 0.6) is 0 Å². The van der Waals surface area contributed by atoms with Gasteiger partial charge >= 0.3 is 0 Å². The molecule has 0 fully saturated rings. The van der Waals surface area contributed by atoms with Gasteiger partial charge < -0.3 is 4.90 Å². The Morgan fingerprint density at radius 2 is 1.55 bits per heavy atom. The lowest BCUT2D eigenvalue weighted by molar-refractivity contribution is -0.114. The van der Waals surface area contributed by atoms with E-state index in [1.807, 2.05) is 31.2 Å². The third-order valence-corrected chi connectivity index (χ3v) is 7.80. The molecule has 7 heteroatoms. The van der Waals surface area contributed by atoms with Gasteiger partial charge in [0.25, 0.3) is 5.91 Å². The number of carbonyl (C=O) groups excluding carboxylic acids is 2. The number of ketones is 1. The highest BCUT2D eigenvalue weighted by Gasteiger charge is 2.37. The highest BCUT2D eigenvalue weighted by Crippen LogP contribution is 2.41. The normalized spacial score (nSPS) is 18.6. The summed E-state index contributed by atoms with van der Waals surface area (Å²) in [7, 11) is -2.06. The van der Waals surface area contributed by atoms with Crippen molar-refractivity contribution >= 4 is 33.0 Å². The number of hydrogen-bond donors (Lipinski definition) is 0. The summed E-state index contributed by atoms with van der Waals surface area (Å²) in [5.41, 5.74) is 4.76. The van der Waals surface area contributed by atoms with Crippen LogP contribution in [0.1, 0.15) is 25.0 Å². The van der Waals surface area contributed by atoms with Crippen molar-refractivity contribution in [3.63, 3.8) is 0 Å². The maximum atomic E-state index is 13.2. The van der Waals surface area contributed by atoms with Crippen LogP contribution in [0, 0.1) is 6.92 Å². The second-order valence-corrected chi connectivity index (χ2v) is 9.92. The molecule has 0 atom stereocenters. The van der Waals surface area contributed by atoms with Crippen molar-refractivity contribution in [1.29, 1.82) is 0 Å². The van der Waals surface area contributed by atoms with Crippen LogP contribution < -0.4 is 4.90 Å². The molecule has 31 heavy (non-hydrogen) atoms. The van der Waals surface area contributed by atoms with E-state index < -0.39 is 10.0 Å². The minimum Gasteiger partial charge on any atom is -0.311 e. The number of hydrogen-bond acceptors (Lipinski definition) is 4. The Hall–Kier alpha value is -3.03. The van der Waals surface area contributed by atoms with E-state index in [1.54, 1.807) is 43.1 Å². The Balaban J connectivity index is 1.78. The second-order valence-electron chi connectivity index (χ2n) is 7.98. The first kappa shape index (κ1) is 21.2. The molecule has 0 aromatic heterocycles. The van der Waals surface area contributed by atoms with Crippen LogP contribution in [0.4, 0.5) is 5.69 Å². The summed E-state index contributed by atoms with van der Waals surface area (Å²) < 4.78 is 27.7. The smallest absolute Gasteiger partial charge is 0.258 e. The van der Waals surface area contributed by atoms with Crippen LogP contribution in [-0.4, -0.2) is 44.6 Å². The first-order valence-corrected chi connectivity index (χ1v) is 11.5. The van der Waals surface area contributed by atoms with Crippen molar-refractivity contribution in [1.82, 2.24) is 4.31 Å². The van der Waals surface area contributed by atoms with Crippen LogP contribution in [0.25, 0.3) is 5.57 Å². The van der Waals surface area contributed by atoms with Gasteiger partial charge in [-0.25, -0.2) is 8.42 Å². The number of likely N-dealkylation sites (N-methyl/N-ethyl adjacent to an activating group) is 1. The predicted molar refractivity (Wildman–Crippen MR) is 120 cm³/mol. The molecule has 0 saturated carbocycles. The molecule has 160 valence electrons. The van der Waals surface area contributed by atoms with E-state index in [2.05, 4.69) is 0 Å². The average molecular weight is 437 g/mol. The summed E-state index contributed by atoms with van der Waals surface area (Å²) in [6, 6.07) is 14.1. The molecule has 0 saturated heterocycles. The van der Waals surface area contributed by atoms with E-state index >= 15 is 0 Å². The van der Waals surface area contributed by atoms with E-state index in [1.165, 1.54) is 11.2 Å². The van der Waals surface area contributed by atoms with Gasteiger partial charge in [-0.15, -0.1) is 0 Å². The molecule has 0 N–H and O–H groups in total. The van der Waals surface area contributed by atoms with Crippen LogP contribution >= 0.6 is 0 Å². The number of amides is 1. The lowest BCUT2D eigenvalue weighted by Gasteiger charge is -2.17. The molecular weight excluding hydrogens is 412 g/mol. The van der Waals surface area contributed by atoms with Gasteiger partial charge in [-0.3, -0.25) is 9.59 Å². The van der Waals surface area contributed by atoms with Gasteiger partial charge in [0.1, 0.15) is 0 Å². The van der Waals surface area contributed by atoms with E-state index in [-0.39, 0.29) is 29.7 Å². The maximum Gasteiger partial charge on any atom is 0.258 e. The van der Waals surface area contributed by atoms with E-state index in [0.717, 1.165) is 16.8 Å². The van der Waals surface area contributed by atoms with Crippen molar-refractivity contribution < 1.29 is 18.0 Å². The van der Waals surface area contributed by atoms with Gasteiger partial charge in [0.15, 0.2) is 5.78 Å². The number of sulfonamides is 1. The third kappa shape index (κ3) is 3.43. The van der Waals surface area contributed by atoms with Crippen LogP contribution in [0.15, 0.2) is 70.1 Å². The molecule has 2 aliphatic heterocycles. The number of nitrogens with zero attached hydrogens (tertiary/aromatic N) is 2. The molecule has 0 spiro atoms. The van der Waals surface area contributed by atoms with Gasteiger partial charge in [-0.05, 0) is 50.1 Å². The van der Waals surface area contributed by atoms with Gasteiger partial charge in [0, 0.05) is 31.3 Å². The Morgan fingerprint density at radius 3 is 2.19 bits per heavy atom. The number of Topliss-reactive ketones (excluding diaryl/α,β-unsaturated/α-hetero) is 1. The van der Waals surface area contributed by atoms with Gasteiger partial charge in [0.05, 0.1) is 16.2 Å². The summed E-state index contributed by atoms with van der Waals surface area (Å²) in [5.74, 6) is -0.349. The van der Waals surface area contributed by atoms with E-state index in [9.17, 15) is 18.0 Å². The average Bonchev–Trinajstić information content (AvgIpc) is 3.30. The Morgan fingerprint density at radius 1 is 0.935 bits per heavy atom. The molecule has 6 nitrogen and oxygen atoms in total. The Bertz CT molecular complexity index is 1270. The fourth-order valence-electron chi connectivity index (χ4n) is 4.18. The SMILES string of the molecule is CC(=O)C1=C(/C(C)=C2\C(=O)N(C)c3ccccc32)CN(S(=O)(=O)c2ccc(C)cc2)C1. The molecule has 0 radical (unpaired) electrons. The molecular formula is C24H24N2O4S. The molecule has 1 amide bonds. The zero-order chi connectivity index (χ0) is 22.5. The lowest BCUT2D eigenvalue weighted by Crippen LogP contribution is -2.30. The number of anilines is 1. The van der Waals surface area contributed by atoms with Crippen molar-refractivity contribution in [3.8, 4) is 0 Å². The molecule has 0 unspecified atom stereocenters. The highest BCUT2D eigenvalue weighted by atomic mass is 32.2. The number of carbonyl (C=O) groups is 2. The quantitative estimate of drug-likeness (QED) is 0.689. The van der Waals surface area contributed by atoms with Crippen LogP contribution in [-0.2, 0) is 19.6 Å². The lowest BCUT2D eigenvalue weighted by atomic mass is 9.94. The highest BCUT2D eigenvalue weighted by molar-refractivity contribution is 7.89. The monoisotopic (exact) mass is 436 g/mol. The number of rotatable bonds is 4. The molecule has 2 heterocycles. The zero-order valence-corrected chi connectivity index (χ0v) is 18.8. The number of aryl methyl sites for hydroxylation is 1. The van der Waals surface area contributed by atoms with Crippen molar-refractivity contribution in [3.05, 3.63) is 76.4 Å². The molecule has 0 aliphatic carbocycles. The van der Waals surface area contributed by atoms with E-state index in [4.69, 9.17) is 0 Å². The molecule has 0 bridgehead atoms. The van der Waals surface area contributed by atoms with Crippen LogP contribution in [0.2, 0.25) is 0 Å². The number of fused-ring (bicyclic) bond motifs is 1. The third-order valence-electron chi connectivity index (χ3n) is 6.00. The van der Waals surface area contributed by atoms with Crippen molar-refractivity contribution in [2.45, 2.75) is 25.7 Å². The second kappa shape index (κ2) is 7.59. The fourth-order valence-corrected chi connectivity index (χ4v) is 5.56. The molecule has 2 aromatic carbocycles. The molecule has 2 aliphatic rings. The first-order valence-electron chi connectivity index (χ1n) is 10.0. The standard InChI is InChI=1S/C24H24N2O4S/c1-15-9-11-18(12-10-15)31(29,30)26-13-20(21(14-26)17(3)27)16(2)23-19-7-5-6-8-22(19)25(4)24(23)28/h5-12H,13-14H2,1-4H3/b23-16-. The summed E-state index contributed by atoms with van der Waals surface area (Å²) in [6.07, 6.45) is 0. The topological polar surface area (TPSA) is 74.8 Å². The van der Waals surface area contributed by atoms with Gasteiger partial charge in [-0.2, -0.15) is 4.31 Å². The van der Waals surface area contributed by atoms with Crippen molar-refractivity contribution in [2.24, 2.45) is 0 Å². The van der Waals surface area contributed by atoms with Gasteiger partial charge in [-0.1, -0.05) is 35.9 Å². The number of benzene rings is 2. The van der Waals surface area contributed by atoms with Crippen molar-refractivity contribution in [2.75, 3.05) is 25.0 Å². The summed E-state index contributed by atoms with van der Waals surface area (Å²) >= 11 is 0. The minimum absolute atomic E-state index is 0.00280. The summed E-state index contributed by atoms with van der Waals surface area (Å²) in [4.78, 5) is 27.2. The van der Waals surface area contributed by atoms with E-state index in [0.29, 0.717) is 22.3 Å². The zero-order valence-electron chi connectivity index (χ0n) is 18.0. The first-order chi connectivity index (χ1) is 14.6. The fraction of sp³-hybridized carbons (Fsp3) is 0.250. The molecule has 4 rings (SSSR count). The Kier molecular flexibility index (Phi) is 5.19. The summed E-state index contributed by atoms with van der Waals surface area (Å²) in [6.45, 7) is 5.18. The maximum absolute atomic E-state index is 13.2. The Labute approximate surface area is 182 Å². The summed E-state index contributed by atoms with van der Waals surface area (Å²) in [5, 5.41) is 0. The predicted octanol–water partition coefficient (Wildman–Crippen LogP) is 3.34. The number of para-hydroxylation sites is 1. The largest absolute Gasteiger partial charge is 0.311 e. The minimum atomic E-state index is -3.78. The van der Waals surface area contributed by atoms with Gasteiger partial charge in [0.2, 0.25) is 10.0 Å². The van der Waals surface area contributed by atoms with Crippen LogP contribution in [0.3, 0.4) is 0 Å². The molecule has 2 aromatic rings.